The Labute approximate surface area is 144 Å². The van der Waals surface area contributed by atoms with E-state index in [2.05, 4.69) is 4.98 Å². The minimum Gasteiger partial charge on any atom is -0.377 e. The van der Waals surface area contributed by atoms with Crippen molar-refractivity contribution in [3.8, 4) is 0 Å². The molecular formula is C19H19N3O3. The van der Waals surface area contributed by atoms with Gasteiger partial charge in [0.05, 0.1) is 19.3 Å². The number of nitrogens with one attached hydrogen (secondary N) is 1. The second kappa shape index (κ2) is 6.22. The molecule has 6 nitrogen and oxygen atoms in total. The van der Waals surface area contributed by atoms with E-state index in [0.29, 0.717) is 30.8 Å². The number of ether oxygens (including phenoxy) is 1. The molecule has 3 heterocycles. The molecule has 0 unspecified atom stereocenters. The number of pyridine rings is 1. The first-order valence-electron chi connectivity index (χ1n) is 8.27. The molecule has 0 bridgehead atoms. The van der Waals surface area contributed by atoms with Crippen molar-refractivity contribution >= 4 is 16.7 Å². The molecule has 1 atom stereocenters. The van der Waals surface area contributed by atoms with Crippen molar-refractivity contribution in [2.24, 2.45) is 7.05 Å². The van der Waals surface area contributed by atoms with Gasteiger partial charge in [-0.25, -0.2) is 0 Å². The predicted molar refractivity (Wildman–Crippen MR) is 94.6 cm³/mol. The van der Waals surface area contributed by atoms with Gasteiger partial charge in [0.2, 0.25) is 0 Å². The van der Waals surface area contributed by atoms with E-state index in [-0.39, 0.29) is 17.5 Å². The normalized spacial score (nSPS) is 17.8. The number of benzene rings is 1. The Morgan fingerprint density at radius 1 is 1.24 bits per heavy atom. The molecule has 25 heavy (non-hydrogen) atoms. The molecule has 1 amide bonds. The summed E-state index contributed by atoms with van der Waals surface area (Å²) in [7, 11) is 1.95. The maximum absolute atomic E-state index is 13.1. The van der Waals surface area contributed by atoms with Crippen LogP contribution in [-0.4, -0.2) is 40.1 Å². The molecule has 6 heteroatoms. The van der Waals surface area contributed by atoms with Gasteiger partial charge in [-0.3, -0.25) is 9.59 Å². The Morgan fingerprint density at radius 3 is 2.88 bits per heavy atom. The number of morpholine rings is 1. The maximum Gasteiger partial charge on any atom is 0.271 e. The zero-order chi connectivity index (χ0) is 17.4. The van der Waals surface area contributed by atoms with Crippen LogP contribution in [0, 0.1) is 0 Å². The van der Waals surface area contributed by atoms with E-state index >= 15 is 0 Å². The van der Waals surface area contributed by atoms with Crippen molar-refractivity contribution in [3.63, 3.8) is 0 Å². The van der Waals surface area contributed by atoms with Gasteiger partial charge in [0.25, 0.3) is 11.5 Å². The number of aromatic amines is 1. The van der Waals surface area contributed by atoms with Crippen LogP contribution in [0.25, 0.3) is 10.8 Å². The van der Waals surface area contributed by atoms with Crippen LogP contribution in [0.3, 0.4) is 0 Å². The zero-order valence-electron chi connectivity index (χ0n) is 13.9. The standard InChI is InChI=1S/C19H19N3O3/c1-21-8-4-7-16(21)17-12-25-10-9-22(17)19(24)15-11-13-5-2-3-6-14(13)18(23)20-15/h2-8,11,17H,9-10,12H2,1H3,(H,20,23)/t17-/m0/s1. The highest BCUT2D eigenvalue weighted by Crippen LogP contribution is 2.26. The molecule has 1 aliphatic heterocycles. The Morgan fingerprint density at radius 2 is 2.08 bits per heavy atom. The summed E-state index contributed by atoms with van der Waals surface area (Å²) in [5.41, 5.74) is 1.08. The predicted octanol–water partition coefficient (Wildman–Crippen LogP) is 2.08. The molecule has 0 aliphatic carbocycles. The Hall–Kier alpha value is -2.86. The SMILES string of the molecule is Cn1cccc1[C@@H]1COCCN1C(=O)c1cc2ccccc2c(=O)[nH]1. The third kappa shape index (κ3) is 2.74. The lowest BCUT2D eigenvalue weighted by molar-refractivity contribution is -0.00494. The van der Waals surface area contributed by atoms with Crippen LogP contribution in [0.2, 0.25) is 0 Å². The van der Waals surface area contributed by atoms with Crippen LogP contribution in [0.1, 0.15) is 22.2 Å². The highest BCUT2D eigenvalue weighted by Gasteiger charge is 2.31. The van der Waals surface area contributed by atoms with Crippen molar-refractivity contribution in [3.05, 3.63) is 70.4 Å². The van der Waals surface area contributed by atoms with Gasteiger partial charge in [0.15, 0.2) is 0 Å². The quantitative estimate of drug-likeness (QED) is 0.778. The summed E-state index contributed by atoms with van der Waals surface area (Å²) in [4.78, 5) is 29.9. The van der Waals surface area contributed by atoms with Gasteiger partial charge in [-0.2, -0.15) is 0 Å². The van der Waals surface area contributed by atoms with Crippen molar-refractivity contribution in [1.82, 2.24) is 14.5 Å². The van der Waals surface area contributed by atoms with Gasteiger partial charge in [-0.15, -0.1) is 0 Å². The molecular weight excluding hydrogens is 318 g/mol. The zero-order valence-corrected chi connectivity index (χ0v) is 13.9. The third-order valence-electron chi connectivity index (χ3n) is 4.70. The molecule has 128 valence electrons. The molecule has 0 radical (unpaired) electrons. The van der Waals surface area contributed by atoms with Crippen LogP contribution >= 0.6 is 0 Å². The summed E-state index contributed by atoms with van der Waals surface area (Å²) < 4.78 is 7.58. The van der Waals surface area contributed by atoms with Crippen LogP contribution in [0.5, 0.6) is 0 Å². The molecule has 0 saturated carbocycles. The van der Waals surface area contributed by atoms with Crippen molar-refractivity contribution in [1.29, 1.82) is 0 Å². The molecule has 1 N–H and O–H groups in total. The number of carbonyl (C=O) groups is 1. The molecule has 1 fully saturated rings. The van der Waals surface area contributed by atoms with E-state index in [9.17, 15) is 9.59 Å². The lowest BCUT2D eigenvalue weighted by atomic mass is 10.1. The highest BCUT2D eigenvalue weighted by atomic mass is 16.5. The van der Waals surface area contributed by atoms with Gasteiger partial charge in [0, 0.05) is 30.9 Å². The van der Waals surface area contributed by atoms with Crippen LogP contribution < -0.4 is 5.56 Å². The lowest BCUT2D eigenvalue weighted by Gasteiger charge is -2.35. The largest absolute Gasteiger partial charge is 0.377 e. The Balaban J connectivity index is 1.74. The summed E-state index contributed by atoms with van der Waals surface area (Å²) in [5.74, 6) is -0.183. The third-order valence-corrected chi connectivity index (χ3v) is 4.70. The molecule has 1 aliphatic rings. The number of rotatable bonds is 2. The average Bonchev–Trinajstić information content (AvgIpc) is 3.07. The van der Waals surface area contributed by atoms with Crippen molar-refractivity contribution < 1.29 is 9.53 Å². The maximum atomic E-state index is 13.1. The molecule has 1 aromatic carbocycles. The number of aromatic nitrogens is 2. The second-order valence-corrected chi connectivity index (χ2v) is 6.23. The average molecular weight is 337 g/mol. The number of hydrogen-bond donors (Lipinski definition) is 1. The number of aryl methyl sites for hydroxylation is 1. The number of carbonyl (C=O) groups excluding carboxylic acids is 1. The van der Waals surface area contributed by atoms with E-state index in [1.54, 1.807) is 17.0 Å². The fourth-order valence-corrected chi connectivity index (χ4v) is 3.39. The van der Waals surface area contributed by atoms with E-state index in [0.717, 1.165) is 11.1 Å². The fourth-order valence-electron chi connectivity index (χ4n) is 3.39. The van der Waals surface area contributed by atoms with Crippen LogP contribution in [0.15, 0.2) is 53.5 Å². The lowest BCUT2D eigenvalue weighted by Crippen LogP contribution is -2.44. The van der Waals surface area contributed by atoms with Gasteiger partial charge in [0.1, 0.15) is 5.69 Å². The molecule has 3 aromatic rings. The molecule has 0 spiro atoms. The number of amides is 1. The summed E-state index contributed by atoms with van der Waals surface area (Å²) in [5, 5.41) is 1.35. The first-order chi connectivity index (χ1) is 12.1. The monoisotopic (exact) mass is 337 g/mol. The first kappa shape index (κ1) is 15.7. The summed E-state index contributed by atoms with van der Waals surface area (Å²) >= 11 is 0. The topological polar surface area (TPSA) is 67.3 Å². The Kier molecular flexibility index (Phi) is 3.89. The fraction of sp³-hybridized carbons (Fsp3) is 0.263. The van der Waals surface area contributed by atoms with Gasteiger partial charge >= 0.3 is 0 Å². The van der Waals surface area contributed by atoms with Crippen LogP contribution in [0.4, 0.5) is 0 Å². The summed E-state index contributed by atoms with van der Waals surface area (Å²) in [6.45, 7) is 1.43. The van der Waals surface area contributed by atoms with Crippen molar-refractivity contribution in [2.45, 2.75) is 6.04 Å². The molecule has 4 rings (SSSR count). The summed E-state index contributed by atoms with van der Waals surface area (Å²) in [6, 6.07) is 12.8. The van der Waals surface area contributed by atoms with E-state index in [4.69, 9.17) is 4.74 Å². The summed E-state index contributed by atoms with van der Waals surface area (Å²) in [6.07, 6.45) is 1.95. The highest BCUT2D eigenvalue weighted by molar-refractivity contribution is 5.96. The van der Waals surface area contributed by atoms with Gasteiger partial charge in [-0.05, 0) is 29.7 Å². The van der Waals surface area contributed by atoms with Crippen molar-refractivity contribution in [2.75, 3.05) is 19.8 Å². The smallest absolute Gasteiger partial charge is 0.271 e. The number of H-pyrrole nitrogens is 1. The minimum absolute atomic E-state index is 0.170. The minimum atomic E-state index is -0.245. The number of hydrogen-bond acceptors (Lipinski definition) is 3. The van der Waals surface area contributed by atoms with Gasteiger partial charge < -0.3 is 19.2 Å². The second-order valence-electron chi connectivity index (χ2n) is 6.23. The number of nitrogens with zero attached hydrogens (tertiary/aromatic N) is 2. The molecule has 1 saturated heterocycles. The van der Waals surface area contributed by atoms with E-state index in [1.165, 1.54) is 0 Å². The van der Waals surface area contributed by atoms with E-state index < -0.39 is 0 Å². The molecule has 2 aromatic heterocycles. The van der Waals surface area contributed by atoms with E-state index in [1.807, 2.05) is 48.1 Å². The van der Waals surface area contributed by atoms with Gasteiger partial charge in [-0.1, -0.05) is 18.2 Å². The Bertz CT molecular complexity index is 989. The first-order valence-corrected chi connectivity index (χ1v) is 8.27. The number of fused-ring (bicyclic) bond motifs is 1. The van der Waals surface area contributed by atoms with Crippen LogP contribution in [-0.2, 0) is 11.8 Å².